The molecule has 3 aromatic rings. The third-order valence-electron chi connectivity index (χ3n) is 8.75. The summed E-state index contributed by atoms with van der Waals surface area (Å²) in [4.78, 5) is 43.8. The van der Waals surface area contributed by atoms with Crippen molar-refractivity contribution >= 4 is 29.3 Å². The maximum absolute atomic E-state index is 14.5. The summed E-state index contributed by atoms with van der Waals surface area (Å²) in [6.07, 6.45) is 4.18. The van der Waals surface area contributed by atoms with Crippen LogP contribution in [0.1, 0.15) is 78.0 Å². The topological polar surface area (TPSA) is 74.7 Å². The molecule has 1 heterocycles. The smallest absolute Gasteiger partial charge is 0.330 e. The number of carboxylic acid groups (broad SMARTS) is 1. The zero-order valence-corrected chi connectivity index (χ0v) is 23.4. The Morgan fingerprint density at radius 2 is 1.55 bits per heavy atom. The number of nitrogens with zero attached hydrogens (tertiary/aromatic N) is 1. The van der Waals surface area contributed by atoms with Crippen LogP contribution in [0.5, 0.6) is 0 Å². The Bertz CT molecular complexity index is 1420. The first-order valence-corrected chi connectivity index (χ1v) is 14.2. The molecule has 4 unspecified atom stereocenters. The first-order valence-electron chi connectivity index (χ1n) is 13.8. The number of hydrogen-bond acceptors (Lipinski definition) is 3. The second kappa shape index (κ2) is 11.2. The molecule has 0 bridgehead atoms. The van der Waals surface area contributed by atoms with Crippen LogP contribution in [0.2, 0.25) is 5.02 Å². The van der Waals surface area contributed by atoms with Crippen molar-refractivity contribution in [2.75, 3.05) is 0 Å². The lowest BCUT2D eigenvalue weighted by molar-refractivity contribution is -0.160. The first-order chi connectivity index (χ1) is 19.1. The van der Waals surface area contributed by atoms with E-state index in [0.29, 0.717) is 34.6 Å². The van der Waals surface area contributed by atoms with E-state index in [-0.39, 0.29) is 17.6 Å². The zero-order chi connectivity index (χ0) is 28.6. The monoisotopic (exact) mass is 561 g/mol. The maximum Gasteiger partial charge on any atom is 0.330 e. The van der Waals surface area contributed by atoms with Gasteiger partial charge in [-0.1, -0.05) is 78.9 Å². The second-order valence-corrected chi connectivity index (χ2v) is 11.7. The predicted octanol–water partition coefficient (Wildman–Crippen LogP) is 7.38. The Balaban J connectivity index is 1.78. The molecule has 2 fully saturated rings. The molecule has 40 heavy (non-hydrogen) atoms. The van der Waals surface area contributed by atoms with Crippen molar-refractivity contribution in [3.05, 3.63) is 106 Å². The van der Waals surface area contributed by atoms with E-state index >= 15 is 0 Å². The first kappa shape index (κ1) is 28.0. The molecule has 1 saturated heterocycles. The molecule has 0 aromatic heterocycles. The third kappa shape index (κ3) is 4.94. The number of hydrogen-bond donors (Lipinski definition) is 1. The molecule has 1 amide bonds. The molecule has 2 aliphatic rings. The summed E-state index contributed by atoms with van der Waals surface area (Å²) in [7, 11) is 0. The summed E-state index contributed by atoms with van der Waals surface area (Å²) in [6, 6.07) is 18.8. The Hall–Kier alpha value is -3.51. The number of carbonyl (C=O) groups excluding carboxylic acids is 2. The van der Waals surface area contributed by atoms with Crippen molar-refractivity contribution in [2.24, 2.45) is 11.8 Å². The van der Waals surface area contributed by atoms with Gasteiger partial charge in [0.25, 0.3) is 0 Å². The number of benzene rings is 3. The lowest BCUT2D eigenvalue weighted by atomic mass is 9.71. The van der Waals surface area contributed by atoms with Crippen LogP contribution in [-0.2, 0) is 9.59 Å². The summed E-state index contributed by atoms with van der Waals surface area (Å²) in [5, 5.41) is 11.4. The van der Waals surface area contributed by atoms with Gasteiger partial charge < -0.3 is 10.0 Å². The van der Waals surface area contributed by atoms with Crippen molar-refractivity contribution < 1.29 is 23.9 Å². The molecule has 4 atom stereocenters. The van der Waals surface area contributed by atoms with Gasteiger partial charge in [0.2, 0.25) is 5.91 Å². The SMILES string of the molecule is Cc1cccc(C(=O)C2C(c3ccc(Cl)cc3)N(C(=O)C3CCCCC3)C(C)(C(=O)O)C2c2ccc(F)cc2)c1. The average Bonchev–Trinajstić information content (AvgIpc) is 3.23. The number of aliphatic carboxylic acids is 1. The molecule has 7 heteroatoms. The van der Waals surface area contributed by atoms with Gasteiger partial charge in [0.1, 0.15) is 11.4 Å². The minimum atomic E-state index is -1.78. The summed E-state index contributed by atoms with van der Waals surface area (Å²) in [5.41, 5.74) is 0.685. The summed E-state index contributed by atoms with van der Waals surface area (Å²) < 4.78 is 14.1. The number of rotatable bonds is 6. The standard InChI is InChI=1S/C33H33ClFNO4/c1-20-7-6-10-24(19-20)30(37)27-28(21-13-17-26(35)18-14-21)33(2,32(39)40)36(31(38)23-8-4-3-5-9-23)29(27)22-11-15-25(34)16-12-22/h6-7,10-19,23,27-29H,3-5,8-9H2,1-2H3,(H,39,40). The molecule has 208 valence electrons. The van der Waals surface area contributed by atoms with Gasteiger partial charge in [0.05, 0.1) is 12.0 Å². The maximum atomic E-state index is 14.5. The van der Waals surface area contributed by atoms with Gasteiger partial charge in [-0.3, -0.25) is 9.59 Å². The fourth-order valence-corrected chi connectivity index (χ4v) is 6.91. The fraction of sp³-hybridized carbons (Fsp3) is 0.364. The van der Waals surface area contributed by atoms with Crippen molar-refractivity contribution in [3.63, 3.8) is 0 Å². The van der Waals surface area contributed by atoms with Crippen molar-refractivity contribution in [1.82, 2.24) is 4.90 Å². The van der Waals surface area contributed by atoms with E-state index in [4.69, 9.17) is 11.6 Å². The van der Waals surface area contributed by atoms with Crippen LogP contribution in [0.15, 0.2) is 72.8 Å². The highest BCUT2D eigenvalue weighted by atomic mass is 35.5. The molecule has 5 rings (SSSR count). The van der Waals surface area contributed by atoms with Gasteiger partial charge in [-0.05, 0) is 68.1 Å². The average molecular weight is 562 g/mol. The number of carbonyl (C=O) groups is 3. The number of ketones is 1. The number of Topliss-reactive ketones (excluding diaryl/α,β-unsaturated/α-hetero) is 1. The molecule has 1 saturated carbocycles. The van der Waals surface area contributed by atoms with E-state index in [2.05, 4.69) is 0 Å². The number of carboxylic acids is 1. The minimum Gasteiger partial charge on any atom is -0.479 e. The van der Waals surface area contributed by atoms with E-state index in [9.17, 15) is 23.9 Å². The van der Waals surface area contributed by atoms with Crippen LogP contribution < -0.4 is 0 Å². The Kier molecular flexibility index (Phi) is 7.83. The van der Waals surface area contributed by atoms with Gasteiger partial charge in [0.15, 0.2) is 5.78 Å². The molecule has 1 aliphatic carbocycles. The highest BCUT2D eigenvalue weighted by Crippen LogP contribution is 2.57. The number of likely N-dealkylation sites (tertiary alicyclic amines) is 1. The predicted molar refractivity (Wildman–Crippen MR) is 152 cm³/mol. The molecule has 0 spiro atoms. The fourth-order valence-electron chi connectivity index (χ4n) is 6.78. The largest absolute Gasteiger partial charge is 0.479 e. The van der Waals surface area contributed by atoms with Crippen LogP contribution in [-0.4, -0.2) is 33.2 Å². The van der Waals surface area contributed by atoms with Crippen LogP contribution in [0.4, 0.5) is 4.39 Å². The zero-order valence-electron chi connectivity index (χ0n) is 22.6. The lowest BCUT2D eigenvalue weighted by Crippen LogP contribution is -2.55. The van der Waals surface area contributed by atoms with Crippen LogP contribution >= 0.6 is 11.6 Å². The van der Waals surface area contributed by atoms with Crippen molar-refractivity contribution in [3.8, 4) is 0 Å². The quantitative estimate of drug-likeness (QED) is 0.319. The Morgan fingerprint density at radius 3 is 2.15 bits per heavy atom. The van der Waals surface area contributed by atoms with Crippen molar-refractivity contribution in [2.45, 2.75) is 63.5 Å². The highest BCUT2D eigenvalue weighted by molar-refractivity contribution is 6.30. The van der Waals surface area contributed by atoms with Gasteiger partial charge in [0, 0.05) is 22.4 Å². The number of halogens is 2. The molecule has 1 N–H and O–H groups in total. The van der Waals surface area contributed by atoms with Gasteiger partial charge in [-0.25, -0.2) is 9.18 Å². The van der Waals surface area contributed by atoms with Crippen LogP contribution in [0, 0.1) is 24.6 Å². The van der Waals surface area contributed by atoms with Crippen molar-refractivity contribution in [1.29, 1.82) is 0 Å². The van der Waals surface area contributed by atoms with Crippen LogP contribution in [0.3, 0.4) is 0 Å². The second-order valence-electron chi connectivity index (χ2n) is 11.3. The third-order valence-corrected chi connectivity index (χ3v) is 9.01. The van der Waals surface area contributed by atoms with E-state index in [1.807, 2.05) is 13.0 Å². The van der Waals surface area contributed by atoms with E-state index in [1.165, 1.54) is 36.1 Å². The molecule has 3 aromatic carbocycles. The minimum absolute atomic E-state index is 0.254. The molecular formula is C33H33ClFNO4. The van der Waals surface area contributed by atoms with E-state index < -0.39 is 35.2 Å². The summed E-state index contributed by atoms with van der Waals surface area (Å²) in [5.74, 6) is -4.40. The summed E-state index contributed by atoms with van der Waals surface area (Å²) >= 11 is 6.22. The van der Waals surface area contributed by atoms with E-state index in [0.717, 1.165) is 24.8 Å². The molecule has 0 radical (unpaired) electrons. The van der Waals surface area contributed by atoms with Gasteiger partial charge >= 0.3 is 5.97 Å². The Morgan fingerprint density at radius 1 is 0.925 bits per heavy atom. The molecular weight excluding hydrogens is 529 g/mol. The Labute approximate surface area is 239 Å². The number of amides is 1. The summed E-state index contributed by atoms with van der Waals surface area (Å²) in [6.45, 7) is 3.43. The molecule has 5 nitrogen and oxygen atoms in total. The highest BCUT2D eigenvalue weighted by Gasteiger charge is 2.65. The molecule has 1 aliphatic heterocycles. The number of aryl methyl sites for hydroxylation is 1. The van der Waals surface area contributed by atoms with Gasteiger partial charge in [-0.2, -0.15) is 0 Å². The van der Waals surface area contributed by atoms with Crippen LogP contribution in [0.25, 0.3) is 0 Å². The van der Waals surface area contributed by atoms with Gasteiger partial charge in [-0.15, -0.1) is 0 Å². The normalized spacial score (nSPS) is 25.1. The lowest BCUT2D eigenvalue weighted by Gasteiger charge is -2.40. The van der Waals surface area contributed by atoms with E-state index in [1.54, 1.807) is 42.5 Å².